The van der Waals surface area contributed by atoms with Crippen molar-refractivity contribution in [2.75, 3.05) is 19.8 Å². The molecule has 2 heterocycles. The molecule has 0 radical (unpaired) electrons. The first kappa shape index (κ1) is 19.1. The standard InChI is InChI=1S/C20H25N3O4/c1-14-19(15(2)23(22-14)12-16-7-4-3-5-8-16)20(25)27-13-18(24)21-11-17-9-6-10-26-17/h3-5,7-8,17H,6,9-13H2,1-2H3,(H,21,24)/t17-/m1/s1. The highest BCUT2D eigenvalue weighted by Gasteiger charge is 2.21. The summed E-state index contributed by atoms with van der Waals surface area (Å²) >= 11 is 0. The van der Waals surface area contributed by atoms with Crippen molar-refractivity contribution in [2.45, 2.75) is 39.3 Å². The Hall–Kier alpha value is -2.67. The third kappa shape index (κ3) is 4.95. The minimum atomic E-state index is -0.531. The molecule has 3 rings (SSSR count). The van der Waals surface area contributed by atoms with E-state index in [2.05, 4.69) is 10.4 Å². The lowest BCUT2D eigenvalue weighted by Gasteiger charge is -2.11. The summed E-state index contributed by atoms with van der Waals surface area (Å²) in [7, 11) is 0. The van der Waals surface area contributed by atoms with Crippen LogP contribution in [0.2, 0.25) is 0 Å². The second-order valence-electron chi connectivity index (χ2n) is 6.70. The van der Waals surface area contributed by atoms with Crippen LogP contribution in [0.4, 0.5) is 0 Å². The lowest BCUT2D eigenvalue weighted by atomic mass is 10.2. The van der Waals surface area contributed by atoms with E-state index in [1.165, 1.54) is 0 Å². The Morgan fingerprint density at radius 2 is 2.07 bits per heavy atom. The van der Waals surface area contributed by atoms with Crippen LogP contribution in [0.3, 0.4) is 0 Å². The number of carbonyl (C=O) groups excluding carboxylic acids is 2. The molecule has 0 spiro atoms. The average molecular weight is 371 g/mol. The van der Waals surface area contributed by atoms with Gasteiger partial charge in [-0.2, -0.15) is 5.10 Å². The SMILES string of the molecule is Cc1nn(Cc2ccccc2)c(C)c1C(=O)OCC(=O)NC[C@H]1CCCO1. The number of hydrogen-bond acceptors (Lipinski definition) is 5. The normalized spacial score (nSPS) is 16.3. The largest absolute Gasteiger partial charge is 0.452 e. The summed E-state index contributed by atoms with van der Waals surface area (Å²) in [6, 6.07) is 9.90. The Morgan fingerprint density at radius 3 is 2.78 bits per heavy atom. The van der Waals surface area contributed by atoms with Gasteiger partial charge in [0.25, 0.3) is 5.91 Å². The van der Waals surface area contributed by atoms with Crippen LogP contribution in [0.15, 0.2) is 30.3 Å². The van der Waals surface area contributed by atoms with Crippen LogP contribution in [-0.4, -0.2) is 47.5 Å². The van der Waals surface area contributed by atoms with Gasteiger partial charge in [0.15, 0.2) is 6.61 Å². The van der Waals surface area contributed by atoms with Crippen LogP contribution in [0.5, 0.6) is 0 Å². The van der Waals surface area contributed by atoms with Crippen molar-refractivity contribution in [3.8, 4) is 0 Å². The first-order chi connectivity index (χ1) is 13.0. The average Bonchev–Trinajstić information content (AvgIpc) is 3.27. The fourth-order valence-corrected chi connectivity index (χ4v) is 3.19. The molecule has 1 aromatic carbocycles. The molecular formula is C20H25N3O4. The van der Waals surface area contributed by atoms with Crippen molar-refractivity contribution < 1.29 is 19.1 Å². The van der Waals surface area contributed by atoms with Crippen LogP contribution in [-0.2, 0) is 20.8 Å². The summed E-state index contributed by atoms with van der Waals surface area (Å²) in [4.78, 5) is 24.3. The van der Waals surface area contributed by atoms with E-state index >= 15 is 0 Å². The first-order valence-electron chi connectivity index (χ1n) is 9.18. The number of rotatable bonds is 7. The van der Waals surface area contributed by atoms with E-state index < -0.39 is 5.97 Å². The van der Waals surface area contributed by atoms with Gasteiger partial charge in [-0.3, -0.25) is 9.48 Å². The van der Waals surface area contributed by atoms with Gasteiger partial charge in [-0.25, -0.2) is 4.79 Å². The van der Waals surface area contributed by atoms with Crippen molar-refractivity contribution in [3.05, 3.63) is 52.8 Å². The van der Waals surface area contributed by atoms with Crippen LogP contribution >= 0.6 is 0 Å². The number of nitrogens with zero attached hydrogens (tertiary/aromatic N) is 2. The quantitative estimate of drug-likeness (QED) is 0.753. The summed E-state index contributed by atoms with van der Waals surface area (Å²) in [5.41, 5.74) is 2.82. The number of nitrogens with one attached hydrogen (secondary N) is 1. The lowest BCUT2D eigenvalue weighted by Crippen LogP contribution is -2.34. The number of benzene rings is 1. The number of amides is 1. The van der Waals surface area contributed by atoms with Gasteiger partial charge < -0.3 is 14.8 Å². The summed E-state index contributed by atoms with van der Waals surface area (Å²) < 4.78 is 12.4. The predicted molar refractivity (Wildman–Crippen MR) is 99.5 cm³/mol. The van der Waals surface area contributed by atoms with Gasteiger partial charge in [0.1, 0.15) is 5.56 Å². The zero-order valence-corrected chi connectivity index (χ0v) is 15.7. The van der Waals surface area contributed by atoms with Crippen LogP contribution in [0.1, 0.15) is 40.2 Å². The second kappa shape index (κ2) is 8.81. The fourth-order valence-electron chi connectivity index (χ4n) is 3.19. The Labute approximate surface area is 158 Å². The zero-order chi connectivity index (χ0) is 19.2. The van der Waals surface area contributed by atoms with E-state index in [0.717, 1.165) is 30.7 Å². The molecule has 27 heavy (non-hydrogen) atoms. The Kier molecular flexibility index (Phi) is 6.24. The molecule has 1 aliphatic rings. The molecule has 0 unspecified atom stereocenters. The van der Waals surface area contributed by atoms with Crippen LogP contribution < -0.4 is 5.32 Å². The molecule has 1 aromatic heterocycles. The molecule has 1 N–H and O–H groups in total. The molecule has 1 atom stereocenters. The summed E-state index contributed by atoms with van der Waals surface area (Å²) in [5, 5.41) is 7.18. The van der Waals surface area contributed by atoms with Gasteiger partial charge in [0, 0.05) is 13.2 Å². The van der Waals surface area contributed by atoms with Crippen molar-refractivity contribution in [3.63, 3.8) is 0 Å². The molecule has 144 valence electrons. The Bertz CT molecular complexity index is 795. The van der Waals surface area contributed by atoms with Gasteiger partial charge in [-0.05, 0) is 32.3 Å². The van der Waals surface area contributed by atoms with Crippen molar-refractivity contribution >= 4 is 11.9 Å². The Morgan fingerprint density at radius 1 is 1.30 bits per heavy atom. The van der Waals surface area contributed by atoms with E-state index in [0.29, 0.717) is 24.3 Å². The van der Waals surface area contributed by atoms with Crippen LogP contribution in [0, 0.1) is 13.8 Å². The summed E-state index contributed by atoms with van der Waals surface area (Å²) in [6.45, 7) is 5.04. The number of carbonyl (C=O) groups is 2. The maximum Gasteiger partial charge on any atom is 0.342 e. The molecular weight excluding hydrogens is 346 g/mol. The van der Waals surface area contributed by atoms with Gasteiger partial charge in [-0.15, -0.1) is 0 Å². The molecule has 1 aliphatic heterocycles. The van der Waals surface area contributed by atoms with E-state index in [-0.39, 0.29) is 18.6 Å². The summed E-state index contributed by atoms with van der Waals surface area (Å²) in [6.07, 6.45) is 2.02. The maximum atomic E-state index is 12.4. The van der Waals surface area contributed by atoms with Crippen molar-refractivity contribution in [1.82, 2.24) is 15.1 Å². The molecule has 7 heteroatoms. The molecule has 0 aliphatic carbocycles. The van der Waals surface area contributed by atoms with E-state index in [1.54, 1.807) is 11.6 Å². The highest BCUT2D eigenvalue weighted by atomic mass is 16.5. The highest BCUT2D eigenvalue weighted by molar-refractivity contribution is 5.93. The third-order valence-electron chi connectivity index (χ3n) is 4.65. The second-order valence-corrected chi connectivity index (χ2v) is 6.70. The molecule has 1 amide bonds. The van der Waals surface area contributed by atoms with Crippen LogP contribution in [0.25, 0.3) is 0 Å². The van der Waals surface area contributed by atoms with Gasteiger partial charge in [-0.1, -0.05) is 30.3 Å². The van der Waals surface area contributed by atoms with Crippen molar-refractivity contribution in [1.29, 1.82) is 0 Å². The molecule has 7 nitrogen and oxygen atoms in total. The van der Waals surface area contributed by atoms with Crippen molar-refractivity contribution in [2.24, 2.45) is 0 Å². The number of esters is 1. The summed E-state index contributed by atoms with van der Waals surface area (Å²) in [5.74, 6) is -0.859. The molecule has 1 fully saturated rings. The molecule has 0 bridgehead atoms. The van der Waals surface area contributed by atoms with E-state index in [4.69, 9.17) is 9.47 Å². The molecule has 0 saturated carbocycles. The third-order valence-corrected chi connectivity index (χ3v) is 4.65. The minimum Gasteiger partial charge on any atom is -0.452 e. The lowest BCUT2D eigenvalue weighted by molar-refractivity contribution is -0.124. The predicted octanol–water partition coefficient (Wildman–Crippen LogP) is 2.00. The molecule has 1 saturated heterocycles. The number of hydrogen-bond donors (Lipinski definition) is 1. The topological polar surface area (TPSA) is 82.5 Å². The van der Waals surface area contributed by atoms with Gasteiger partial charge in [0.05, 0.1) is 24.0 Å². The smallest absolute Gasteiger partial charge is 0.342 e. The van der Waals surface area contributed by atoms with E-state index in [9.17, 15) is 9.59 Å². The van der Waals surface area contributed by atoms with E-state index in [1.807, 2.05) is 37.3 Å². The van der Waals surface area contributed by atoms with Gasteiger partial charge >= 0.3 is 5.97 Å². The fraction of sp³-hybridized carbons (Fsp3) is 0.450. The minimum absolute atomic E-state index is 0.0605. The highest BCUT2D eigenvalue weighted by Crippen LogP contribution is 2.16. The zero-order valence-electron chi connectivity index (χ0n) is 15.7. The first-order valence-corrected chi connectivity index (χ1v) is 9.18. The number of aromatic nitrogens is 2. The number of aryl methyl sites for hydroxylation is 1. The Balaban J connectivity index is 1.55. The monoisotopic (exact) mass is 371 g/mol. The number of ether oxygens (including phenoxy) is 2. The maximum absolute atomic E-state index is 12.4. The van der Waals surface area contributed by atoms with Gasteiger partial charge in [0.2, 0.25) is 0 Å². The molecule has 2 aromatic rings.